The minimum absolute atomic E-state index is 0.0751. The zero-order chi connectivity index (χ0) is 13.0. The van der Waals surface area contributed by atoms with Gasteiger partial charge in [0.05, 0.1) is 0 Å². The van der Waals surface area contributed by atoms with E-state index in [0.717, 1.165) is 18.8 Å². The van der Waals surface area contributed by atoms with Gasteiger partial charge in [-0.25, -0.2) is 0 Å². The number of likely N-dealkylation sites (tertiary alicyclic amines) is 1. The number of hydrogen-bond acceptors (Lipinski definition) is 5. The fourth-order valence-corrected chi connectivity index (χ4v) is 2.50. The third-order valence-electron chi connectivity index (χ3n) is 3.63. The molecule has 18 heavy (non-hydrogen) atoms. The third-order valence-corrected chi connectivity index (χ3v) is 3.63. The molecule has 1 saturated heterocycles. The van der Waals surface area contributed by atoms with Crippen molar-refractivity contribution < 1.29 is 4.52 Å². The Morgan fingerprint density at radius 1 is 1.44 bits per heavy atom. The van der Waals surface area contributed by atoms with Crippen LogP contribution in [0.1, 0.15) is 38.4 Å². The van der Waals surface area contributed by atoms with E-state index in [2.05, 4.69) is 22.0 Å². The zero-order valence-corrected chi connectivity index (χ0v) is 11.4. The van der Waals surface area contributed by atoms with Crippen LogP contribution in [0.4, 0.5) is 0 Å². The molecule has 0 aliphatic carbocycles. The average molecular weight is 252 g/mol. The van der Waals surface area contributed by atoms with Crippen molar-refractivity contribution in [3.05, 3.63) is 11.7 Å². The van der Waals surface area contributed by atoms with E-state index < -0.39 is 0 Å². The van der Waals surface area contributed by atoms with Crippen LogP contribution in [0.25, 0.3) is 0 Å². The van der Waals surface area contributed by atoms with Gasteiger partial charge in [-0.2, -0.15) is 4.98 Å². The maximum absolute atomic E-state index is 5.72. The van der Waals surface area contributed by atoms with Crippen LogP contribution in [0.2, 0.25) is 0 Å². The fraction of sp³-hybridized carbons (Fsp3) is 0.846. The van der Waals surface area contributed by atoms with Crippen molar-refractivity contribution >= 4 is 0 Å². The van der Waals surface area contributed by atoms with Crippen molar-refractivity contribution in [1.82, 2.24) is 15.0 Å². The molecule has 1 aromatic heterocycles. The number of rotatable bonds is 5. The van der Waals surface area contributed by atoms with E-state index in [9.17, 15) is 0 Å². The Morgan fingerprint density at radius 3 is 2.78 bits per heavy atom. The summed E-state index contributed by atoms with van der Waals surface area (Å²) < 4.78 is 5.21. The van der Waals surface area contributed by atoms with E-state index in [0.29, 0.717) is 18.2 Å². The van der Waals surface area contributed by atoms with E-state index in [1.165, 1.54) is 25.9 Å². The SMILES string of the molecule is CCN1CCC(Cc2noc(CC(C)N)n2)CC1. The predicted octanol–water partition coefficient (Wildman–Crippen LogP) is 1.23. The lowest BCUT2D eigenvalue weighted by atomic mass is 9.93. The summed E-state index contributed by atoms with van der Waals surface area (Å²) in [6, 6.07) is 0.0751. The molecule has 1 aliphatic rings. The van der Waals surface area contributed by atoms with Crippen LogP contribution in [0, 0.1) is 5.92 Å². The summed E-state index contributed by atoms with van der Waals surface area (Å²) in [5.41, 5.74) is 5.72. The van der Waals surface area contributed by atoms with E-state index in [1.807, 2.05) is 6.92 Å². The summed E-state index contributed by atoms with van der Waals surface area (Å²) in [6.45, 7) is 7.73. The molecule has 0 radical (unpaired) electrons. The molecule has 5 nitrogen and oxygen atoms in total. The monoisotopic (exact) mass is 252 g/mol. The van der Waals surface area contributed by atoms with Gasteiger partial charge in [0.2, 0.25) is 5.89 Å². The lowest BCUT2D eigenvalue weighted by Crippen LogP contribution is -2.34. The lowest BCUT2D eigenvalue weighted by molar-refractivity contribution is 0.190. The molecule has 102 valence electrons. The summed E-state index contributed by atoms with van der Waals surface area (Å²) in [6.07, 6.45) is 4.09. The van der Waals surface area contributed by atoms with Gasteiger partial charge in [-0.15, -0.1) is 0 Å². The molecule has 0 aromatic carbocycles. The Bertz CT molecular complexity index is 356. The Balaban J connectivity index is 1.81. The van der Waals surface area contributed by atoms with Crippen molar-refractivity contribution in [2.75, 3.05) is 19.6 Å². The largest absolute Gasteiger partial charge is 0.339 e. The molecular weight excluding hydrogens is 228 g/mol. The van der Waals surface area contributed by atoms with Gasteiger partial charge >= 0.3 is 0 Å². The molecule has 2 N–H and O–H groups in total. The first-order chi connectivity index (χ1) is 8.67. The van der Waals surface area contributed by atoms with Crippen LogP contribution in [-0.2, 0) is 12.8 Å². The molecule has 5 heteroatoms. The molecule has 1 aliphatic heterocycles. The number of nitrogens with zero attached hydrogens (tertiary/aromatic N) is 3. The van der Waals surface area contributed by atoms with Crippen LogP contribution in [0.15, 0.2) is 4.52 Å². The minimum Gasteiger partial charge on any atom is -0.339 e. The summed E-state index contributed by atoms with van der Waals surface area (Å²) in [4.78, 5) is 6.91. The second kappa shape index (κ2) is 6.29. The van der Waals surface area contributed by atoms with Gasteiger partial charge < -0.3 is 15.2 Å². The van der Waals surface area contributed by atoms with E-state index >= 15 is 0 Å². The smallest absolute Gasteiger partial charge is 0.228 e. The number of hydrogen-bond donors (Lipinski definition) is 1. The summed E-state index contributed by atoms with van der Waals surface area (Å²) >= 11 is 0. The molecule has 0 amide bonds. The molecule has 0 spiro atoms. The first kappa shape index (κ1) is 13.5. The summed E-state index contributed by atoms with van der Waals surface area (Å²) in [5.74, 6) is 2.22. The summed E-state index contributed by atoms with van der Waals surface area (Å²) in [5, 5.41) is 4.05. The van der Waals surface area contributed by atoms with Crippen LogP contribution in [0.5, 0.6) is 0 Å². The van der Waals surface area contributed by atoms with Gasteiger partial charge in [0, 0.05) is 18.9 Å². The predicted molar refractivity (Wildman–Crippen MR) is 70.2 cm³/mol. The number of aromatic nitrogens is 2. The molecule has 2 rings (SSSR count). The number of piperidine rings is 1. The number of nitrogens with two attached hydrogens (primary N) is 1. The molecule has 0 bridgehead atoms. The maximum atomic E-state index is 5.72. The Morgan fingerprint density at radius 2 is 2.17 bits per heavy atom. The Hall–Kier alpha value is -0.940. The highest BCUT2D eigenvalue weighted by molar-refractivity contribution is 4.91. The Labute approximate surface area is 109 Å². The zero-order valence-electron chi connectivity index (χ0n) is 11.4. The highest BCUT2D eigenvalue weighted by Gasteiger charge is 2.20. The van der Waals surface area contributed by atoms with Crippen molar-refractivity contribution in [3.8, 4) is 0 Å². The van der Waals surface area contributed by atoms with E-state index in [4.69, 9.17) is 10.3 Å². The van der Waals surface area contributed by atoms with Crippen molar-refractivity contribution in [2.24, 2.45) is 11.7 Å². The van der Waals surface area contributed by atoms with E-state index in [-0.39, 0.29) is 6.04 Å². The van der Waals surface area contributed by atoms with E-state index in [1.54, 1.807) is 0 Å². The van der Waals surface area contributed by atoms with Crippen molar-refractivity contribution in [3.63, 3.8) is 0 Å². The molecule has 1 unspecified atom stereocenters. The van der Waals surface area contributed by atoms with Gasteiger partial charge in [0.1, 0.15) is 0 Å². The highest BCUT2D eigenvalue weighted by Crippen LogP contribution is 2.20. The normalized spacial score (nSPS) is 20.2. The fourth-order valence-electron chi connectivity index (χ4n) is 2.50. The highest BCUT2D eigenvalue weighted by atomic mass is 16.5. The molecule has 1 atom stereocenters. The molecule has 0 saturated carbocycles. The van der Waals surface area contributed by atoms with Crippen LogP contribution in [0.3, 0.4) is 0 Å². The van der Waals surface area contributed by atoms with Crippen LogP contribution >= 0.6 is 0 Å². The lowest BCUT2D eigenvalue weighted by Gasteiger charge is -2.30. The van der Waals surface area contributed by atoms with Crippen molar-refractivity contribution in [2.45, 2.75) is 45.6 Å². The Kier molecular flexibility index (Phi) is 4.72. The van der Waals surface area contributed by atoms with Crippen molar-refractivity contribution in [1.29, 1.82) is 0 Å². The minimum atomic E-state index is 0.0751. The average Bonchev–Trinajstić information content (AvgIpc) is 2.76. The van der Waals surface area contributed by atoms with Gasteiger partial charge in [-0.1, -0.05) is 12.1 Å². The molecule has 1 aromatic rings. The molecule has 1 fully saturated rings. The van der Waals surface area contributed by atoms with Crippen LogP contribution in [-0.4, -0.2) is 40.7 Å². The second-order valence-electron chi connectivity index (χ2n) is 5.37. The maximum Gasteiger partial charge on any atom is 0.228 e. The third kappa shape index (κ3) is 3.78. The second-order valence-corrected chi connectivity index (χ2v) is 5.37. The van der Waals surface area contributed by atoms with Crippen LogP contribution < -0.4 is 5.73 Å². The quantitative estimate of drug-likeness (QED) is 0.853. The topological polar surface area (TPSA) is 68.2 Å². The van der Waals surface area contributed by atoms with Gasteiger partial charge in [-0.3, -0.25) is 0 Å². The molecular formula is C13H24N4O. The first-order valence-electron chi connectivity index (χ1n) is 6.96. The van der Waals surface area contributed by atoms with Gasteiger partial charge in [0.15, 0.2) is 5.82 Å². The first-order valence-corrected chi connectivity index (χ1v) is 6.96. The standard InChI is InChI=1S/C13H24N4O/c1-3-17-6-4-11(5-7-17)9-12-15-13(18-16-12)8-10(2)14/h10-11H,3-9,14H2,1-2H3. The summed E-state index contributed by atoms with van der Waals surface area (Å²) in [7, 11) is 0. The van der Waals surface area contributed by atoms with Gasteiger partial charge in [-0.05, 0) is 45.3 Å². The van der Waals surface area contributed by atoms with Gasteiger partial charge in [0.25, 0.3) is 0 Å². The molecule has 2 heterocycles.